The molecule has 20 heavy (non-hydrogen) atoms. The smallest absolute Gasteiger partial charge is 0.298 e. The molecule has 1 aliphatic heterocycles. The highest BCUT2D eigenvalue weighted by molar-refractivity contribution is 5.74. The molecule has 3 heterocycles. The highest BCUT2D eigenvalue weighted by Gasteiger charge is 2.41. The van der Waals surface area contributed by atoms with Crippen LogP contribution in [0.1, 0.15) is 12.1 Å². The number of nitrogens with one attached hydrogen (secondary N) is 1. The molecule has 1 atom stereocenters. The topological polar surface area (TPSA) is 91.1 Å². The minimum Gasteiger partial charge on any atom is -0.423 e. The van der Waals surface area contributed by atoms with E-state index in [0.29, 0.717) is 31.2 Å². The number of aromatic nitrogens is 4. The van der Waals surface area contributed by atoms with E-state index in [-0.39, 0.29) is 0 Å². The van der Waals surface area contributed by atoms with Crippen molar-refractivity contribution in [3.05, 3.63) is 36.2 Å². The summed E-state index contributed by atoms with van der Waals surface area (Å²) in [5.41, 5.74) is 1.11. The van der Waals surface area contributed by atoms with Gasteiger partial charge in [0.05, 0.1) is 12.7 Å². The van der Waals surface area contributed by atoms with Crippen molar-refractivity contribution in [1.82, 2.24) is 20.4 Å². The Bertz CT molecular complexity index is 705. The second-order valence-corrected chi connectivity index (χ2v) is 5.02. The van der Waals surface area contributed by atoms with E-state index in [1.54, 1.807) is 6.20 Å². The van der Waals surface area contributed by atoms with Crippen molar-refractivity contribution in [2.45, 2.75) is 12.0 Å². The average molecular weight is 271 g/mol. The third kappa shape index (κ3) is 1.67. The van der Waals surface area contributed by atoms with Gasteiger partial charge in [-0.05, 0) is 12.1 Å². The van der Waals surface area contributed by atoms with Crippen LogP contribution in [0.4, 0.5) is 6.01 Å². The number of anilines is 1. The predicted molar refractivity (Wildman–Crippen MR) is 71.1 cm³/mol. The van der Waals surface area contributed by atoms with Crippen molar-refractivity contribution >= 4 is 17.1 Å². The van der Waals surface area contributed by atoms with Gasteiger partial charge in [-0.25, -0.2) is 0 Å². The molecule has 0 spiro atoms. The van der Waals surface area contributed by atoms with Gasteiger partial charge in [0.1, 0.15) is 16.8 Å². The molecule has 1 saturated heterocycles. The minimum atomic E-state index is -1.01. The fourth-order valence-corrected chi connectivity index (χ4v) is 2.59. The van der Waals surface area contributed by atoms with Gasteiger partial charge in [-0.15, -0.1) is 0 Å². The lowest BCUT2D eigenvalue weighted by Gasteiger charge is -2.19. The molecule has 7 heteroatoms. The number of para-hydroxylation sites is 2. The molecule has 0 radical (unpaired) electrons. The first-order valence-corrected chi connectivity index (χ1v) is 6.44. The van der Waals surface area contributed by atoms with E-state index in [1.165, 1.54) is 0 Å². The van der Waals surface area contributed by atoms with Crippen LogP contribution in [0.15, 0.2) is 34.9 Å². The number of aromatic amines is 1. The zero-order chi connectivity index (χ0) is 13.6. The Morgan fingerprint density at radius 3 is 3.05 bits per heavy atom. The lowest BCUT2D eigenvalue weighted by atomic mass is 10.0. The molecule has 102 valence electrons. The zero-order valence-corrected chi connectivity index (χ0v) is 10.7. The van der Waals surface area contributed by atoms with Crippen LogP contribution in [0.25, 0.3) is 11.1 Å². The molecule has 4 rings (SSSR count). The number of oxazole rings is 1. The normalized spacial score (nSPS) is 22.8. The summed E-state index contributed by atoms with van der Waals surface area (Å²) in [6.45, 7) is 1.06. The third-order valence-electron chi connectivity index (χ3n) is 3.69. The van der Waals surface area contributed by atoms with E-state index >= 15 is 0 Å². The van der Waals surface area contributed by atoms with Gasteiger partial charge < -0.3 is 14.4 Å². The molecule has 1 unspecified atom stereocenters. The summed E-state index contributed by atoms with van der Waals surface area (Å²) < 4.78 is 5.72. The SMILES string of the molecule is OC1(c2cn[nH]n2)CCN(c2nc3ccccc3o2)C1. The summed E-state index contributed by atoms with van der Waals surface area (Å²) in [6.07, 6.45) is 2.12. The lowest BCUT2D eigenvalue weighted by Crippen LogP contribution is -2.31. The van der Waals surface area contributed by atoms with Gasteiger partial charge in [0.15, 0.2) is 5.58 Å². The average Bonchev–Trinajstić information content (AvgIpc) is 3.18. The molecule has 0 aliphatic carbocycles. The first-order chi connectivity index (χ1) is 9.74. The van der Waals surface area contributed by atoms with Gasteiger partial charge in [0, 0.05) is 13.0 Å². The fraction of sp³-hybridized carbons (Fsp3) is 0.308. The highest BCUT2D eigenvalue weighted by atomic mass is 16.4. The van der Waals surface area contributed by atoms with E-state index in [1.807, 2.05) is 29.2 Å². The Kier molecular flexibility index (Phi) is 2.31. The number of aliphatic hydroxyl groups is 1. The van der Waals surface area contributed by atoms with Crippen LogP contribution in [0.3, 0.4) is 0 Å². The maximum atomic E-state index is 10.6. The van der Waals surface area contributed by atoms with Crippen LogP contribution in [0.5, 0.6) is 0 Å². The molecule has 2 N–H and O–H groups in total. The maximum Gasteiger partial charge on any atom is 0.298 e. The molecule has 3 aromatic rings. The van der Waals surface area contributed by atoms with Crippen molar-refractivity contribution in [1.29, 1.82) is 0 Å². The molecule has 2 aromatic heterocycles. The second-order valence-electron chi connectivity index (χ2n) is 5.02. The second kappa shape index (κ2) is 4.04. The summed E-state index contributed by atoms with van der Waals surface area (Å²) >= 11 is 0. The van der Waals surface area contributed by atoms with Crippen molar-refractivity contribution in [3.8, 4) is 0 Å². The number of benzene rings is 1. The summed E-state index contributed by atoms with van der Waals surface area (Å²) in [5.74, 6) is 0. The Morgan fingerprint density at radius 1 is 1.35 bits per heavy atom. The van der Waals surface area contributed by atoms with Gasteiger partial charge in [-0.2, -0.15) is 20.4 Å². The minimum absolute atomic E-state index is 0.395. The van der Waals surface area contributed by atoms with Crippen molar-refractivity contribution in [2.24, 2.45) is 0 Å². The van der Waals surface area contributed by atoms with Crippen LogP contribution in [-0.2, 0) is 5.60 Å². The maximum absolute atomic E-state index is 10.6. The molecule has 0 saturated carbocycles. The number of nitrogens with zero attached hydrogens (tertiary/aromatic N) is 4. The molecule has 1 aromatic carbocycles. The van der Waals surface area contributed by atoms with Gasteiger partial charge in [0.2, 0.25) is 0 Å². The van der Waals surface area contributed by atoms with Crippen LogP contribution in [0.2, 0.25) is 0 Å². The predicted octanol–water partition coefficient (Wildman–Crippen LogP) is 1.04. The van der Waals surface area contributed by atoms with Gasteiger partial charge >= 0.3 is 0 Å². The number of hydrogen-bond donors (Lipinski definition) is 2. The highest BCUT2D eigenvalue weighted by Crippen LogP contribution is 2.33. The molecular formula is C13H13N5O2. The summed E-state index contributed by atoms with van der Waals surface area (Å²) in [4.78, 5) is 6.37. The zero-order valence-electron chi connectivity index (χ0n) is 10.7. The van der Waals surface area contributed by atoms with Crippen LogP contribution < -0.4 is 4.90 Å². The summed E-state index contributed by atoms with van der Waals surface area (Å²) in [7, 11) is 0. The van der Waals surface area contributed by atoms with Crippen molar-refractivity contribution < 1.29 is 9.52 Å². The van der Waals surface area contributed by atoms with E-state index < -0.39 is 5.60 Å². The molecule has 0 amide bonds. The summed E-state index contributed by atoms with van der Waals surface area (Å²) in [5, 5.41) is 20.9. The number of H-pyrrole nitrogens is 1. The first-order valence-electron chi connectivity index (χ1n) is 6.44. The molecule has 7 nitrogen and oxygen atoms in total. The van der Waals surface area contributed by atoms with Crippen LogP contribution in [0, 0.1) is 0 Å². The summed E-state index contributed by atoms with van der Waals surface area (Å²) in [6, 6.07) is 8.15. The van der Waals surface area contributed by atoms with E-state index in [9.17, 15) is 5.11 Å². The largest absolute Gasteiger partial charge is 0.423 e. The number of rotatable bonds is 2. The van der Waals surface area contributed by atoms with Crippen molar-refractivity contribution in [2.75, 3.05) is 18.0 Å². The molecule has 1 fully saturated rings. The first kappa shape index (κ1) is 11.4. The third-order valence-corrected chi connectivity index (χ3v) is 3.69. The van der Waals surface area contributed by atoms with E-state index in [2.05, 4.69) is 20.4 Å². The van der Waals surface area contributed by atoms with Gasteiger partial charge in [0.25, 0.3) is 6.01 Å². The Labute approximate surface area is 114 Å². The fourth-order valence-electron chi connectivity index (χ4n) is 2.59. The quantitative estimate of drug-likeness (QED) is 0.723. The van der Waals surface area contributed by atoms with Gasteiger partial charge in [-0.3, -0.25) is 0 Å². The number of hydrogen-bond acceptors (Lipinski definition) is 6. The lowest BCUT2D eigenvalue weighted by molar-refractivity contribution is 0.0557. The van der Waals surface area contributed by atoms with Crippen molar-refractivity contribution in [3.63, 3.8) is 0 Å². The number of fused-ring (bicyclic) bond motifs is 1. The molecular weight excluding hydrogens is 258 g/mol. The molecule has 1 aliphatic rings. The van der Waals surface area contributed by atoms with Crippen LogP contribution >= 0.6 is 0 Å². The number of β-amino-alcohol motifs (C(OH)–C–C–N with tert-alkyl or cyclic N) is 1. The Balaban J connectivity index is 1.65. The van der Waals surface area contributed by atoms with Crippen LogP contribution in [-0.4, -0.2) is 38.6 Å². The van der Waals surface area contributed by atoms with Gasteiger partial charge in [-0.1, -0.05) is 12.1 Å². The Morgan fingerprint density at radius 2 is 2.25 bits per heavy atom. The molecule has 0 bridgehead atoms. The van der Waals surface area contributed by atoms with E-state index in [0.717, 1.165) is 11.1 Å². The Hall–Kier alpha value is -2.41. The van der Waals surface area contributed by atoms with E-state index in [4.69, 9.17) is 4.42 Å². The monoisotopic (exact) mass is 271 g/mol. The standard InChI is InChI=1S/C13H13N5O2/c19-13(11-7-14-17-16-11)5-6-18(8-13)12-15-9-3-1-2-4-10(9)20-12/h1-4,7,19H,5-6,8H2,(H,14,16,17).